The van der Waals surface area contributed by atoms with Crippen molar-refractivity contribution in [2.24, 2.45) is 12.8 Å². The molecule has 0 saturated heterocycles. The molecule has 1 aliphatic rings. The maximum absolute atomic E-state index is 5.57. The average molecular weight is 165 g/mol. The molecule has 0 radical (unpaired) electrons. The van der Waals surface area contributed by atoms with Gasteiger partial charge in [-0.2, -0.15) is 0 Å². The largest absolute Gasteiger partial charge is 0.338 e. The van der Waals surface area contributed by atoms with Gasteiger partial charge in [0.15, 0.2) is 0 Å². The first kappa shape index (κ1) is 7.80. The first-order valence-electron chi connectivity index (χ1n) is 4.46. The molecule has 3 nitrogen and oxygen atoms in total. The monoisotopic (exact) mass is 165 g/mol. The molecule has 0 spiro atoms. The highest BCUT2D eigenvalue weighted by Gasteiger charge is 2.46. The van der Waals surface area contributed by atoms with E-state index >= 15 is 0 Å². The van der Waals surface area contributed by atoms with Crippen LogP contribution < -0.4 is 5.73 Å². The van der Waals surface area contributed by atoms with Gasteiger partial charge in [-0.05, 0) is 25.8 Å². The summed E-state index contributed by atoms with van der Waals surface area (Å²) in [6.07, 6.45) is 7.47. The van der Waals surface area contributed by atoms with Gasteiger partial charge in [0.2, 0.25) is 0 Å². The molecule has 3 heteroatoms. The highest BCUT2D eigenvalue weighted by molar-refractivity contribution is 5.19. The minimum absolute atomic E-state index is 0.340. The van der Waals surface area contributed by atoms with E-state index in [1.165, 1.54) is 18.7 Å². The Labute approximate surface area is 72.6 Å². The van der Waals surface area contributed by atoms with Crippen molar-refractivity contribution in [2.75, 3.05) is 6.54 Å². The van der Waals surface area contributed by atoms with Gasteiger partial charge in [-0.3, -0.25) is 0 Å². The molecule has 1 fully saturated rings. The van der Waals surface area contributed by atoms with Gasteiger partial charge in [-0.1, -0.05) is 0 Å². The molecule has 0 aromatic carbocycles. The van der Waals surface area contributed by atoms with Crippen LogP contribution in [0.15, 0.2) is 12.4 Å². The van der Waals surface area contributed by atoms with Crippen LogP contribution >= 0.6 is 0 Å². The third kappa shape index (κ3) is 1.05. The lowest BCUT2D eigenvalue weighted by molar-refractivity contribution is 0.564. The highest BCUT2D eigenvalue weighted by Crippen LogP contribution is 2.49. The quantitative estimate of drug-likeness (QED) is 0.720. The number of hydrogen-bond donors (Lipinski definition) is 1. The maximum Gasteiger partial charge on any atom is 0.114 e. The second kappa shape index (κ2) is 2.59. The first-order chi connectivity index (χ1) is 5.78. The first-order valence-corrected chi connectivity index (χ1v) is 4.46. The summed E-state index contributed by atoms with van der Waals surface area (Å²) in [6, 6.07) is 0. The molecular formula is C9H15N3. The molecule has 1 heterocycles. The van der Waals surface area contributed by atoms with Crippen LogP contribution in [0.25, 0.3) is 0 Å². The third-order valence-corrected chi connectivity index (χ3v) is 2.77. The molecule has 0 unspecified atom stereocenters. The third-order valence-electron chi connectivity index (χ3n) is 2.77. The molecule has 0 aliphatic heterocycles. The minimum Gasteiger partial charge on any atom is -0.338 e. The van der Waals surface area contributed by atoms with Crippen LogP contribution in [-0.2, 0) is 12.5 Å². The summed E-state index contributed by atoms with van der Waals surface area (Å²) < 4.78 is 2.11. The molecule has 12 heavy (non-hydrogen) atoms. The van der Waals surface area contributed by atoms with Gasteiger partial charge >= 0.3 is 0 Å². The lowest BCUT2D eigenvalue weighted by atomic mass is 10.0. The smallest absolute Gasteiger partial charge is 0.114 e. The van der Waals surface area contributed by atoms with Crippen molar-refractivity contribution >= 4 is 0 Å². The maximum atomic E-state index is 5.57. The van der Waals surface area contributed by atoms with Crippen LogP contribution in [0.3, 0.4) is 0 Å². The van der Waals surface area contributed by atoms with E-state index in [9.17, 15) is 0 Å². The van der Waals surface area contributed by atoms with Crippen LogP contribution in [-0.4, -0.2) is 16.1 Å². The van der Waals surface area contributed by atoms with E-state index in [1.54, 1.807) is 0 Å². The lowest BCUT2D eigenvalue weighted by Gasteiger charge is -2.12. The van der Waals surface area contributed by atoms with E-state index in [0.29, 0.717) is 5.41 Å². The molecule has 66 valence electrons. The van der Waals surface area contributed by atoms with Crippen LogP contribution in [0, 0.1) is 0 Å². The summed E-state index contributed by atoms with van der Waals surface area (Å²) in [7, 11) is 2.05. The predicted molar refractivity (Wildman–Crippen MR) is 47.8 cm³/mol. The van der Waals surface area contributed by atoms with E-state index in [0.717, 1.165) is 13.0 Å². The number of aromatic nitrogens is 2. The van der Waals surface area contributed by atoms with Crippen molar-refractivity contribution < 1.29 is 0 Å². The Morgan fingerprint density at radius 2 is 2.42 bits per heavy atom. The number of nitrogens with two attached hydrogens (primary N) is 1. The Balaban J connectivity index is 2.24. The summed E-state index contributed by atoms with van der Waals surface area (Å²) in [5, 5.41) is 0. The van der Waals surface area contributed by atoms with Crippen molar-refractivity contribution in [3.8, 4) is 0 Å². The molecular weight excluding hydrogens is 150 g/mol. The standard InChI is InChI=1S/C9H15N3/c1-12-7-6-11-8(12)9(2-3-9)4-5-10/h6-7H,2-5,10H2,1H3. The van der Waals surface area contributed by atoms with Crippen LogP contribution in [0.4, 0.5) is 0 Å². The number of aryl methyl sites for hydroxylation is 1. The van der Waals surface area contributed by atoms with Gasteiger partial charge in [-0.25, -0.2) is 4.98 Å². The molecule has 2 N–H and O–H groups in total. The highest BCUT2D eigenvalue weighted by atomic mass is 15.1. The van der Waals surface area contributed by atoms with E-state index < -0.39 is 0 Å². The van der Waals surface area contributed by atoms with Crippen molar-refractivity contribution in [1.82, 2.24) is 9.55 Å². The number of imidazole rings is 1. The van der Waals surface area contributed by atoms with Crippen molar-refractivity contribution in [1.29, 1.82) is 0 Å². The van der Waals surface area contributed by atoms with E-state index in [1.807, 2.05) is 12.4 Å². The SMILES string of the molecule is Cn1ccnc1C1(CCN)CC1. The topological polar surface area (TPSA) is 43.8 Å². The fourth-order valence-electron chi connectivity index (χ4n) is 1.89. The summed E-state index contributed by atoms with van der Waals surface area (Å²) in [5.41, 5.74) is 5.91. The molecule has 1 aliphatic carbocycles. The molecule has 1 aromatic rings. The zero-order valence-corrected chi connectivity index (χ0v) is 7.45. The second-order valence-electron chi connectivity index (χ2n) is 3.68. The Morgan fingerprint density at radius 1 is 1.67 bits per heavy atom. The van der Waals surface area contributed by atoms with Gasteiger partial charge in [0.05, 0.1) is 0 Å². The molecule has 0 bridgehead atoms. The van der Waals surface area contributed by atoms with Crippen molar-refractivity contribution in [3.05, 3.63) is 18.2 Å². The Bertz CT molecular complexity index is 273. The van der Waals surface area contributed by atoms with Gasteiger partial charge in [0.25, 0.3) is 0 Å². The van der Waals surface area contributed by atoms with E-state index in [-0.39, 0.29) is 0 Å². The molecule has 0 amide bonds. The molecule has 1 saturated carbocycles. The van der Waals surface area contributed by atoms with Crippen molar-refractivity contribution in [3.63, 3.8) is 0 Å². The Morgan fingerprint density at radius 3 is 2.83 bits per heavy atom. The zero-order valence-electron chi connectivity index (χ0n) is 7.45. The summed E-state index contributed by atoms with van der Waals surface area (Å²) >= 11 is 0. The second-order valence-corrected chi connectivity index (χ2v) is 3.68. The zero-order chi connectivity index (χ0) is 8.60. The van der Waals surface area contributed by atoms with Crippen molar-refractivity contribution in [2.45, 2.75) is 24.7 Å². The molecule has 2 rings (SSSR count). The van der Waals surface area contributed by atoms with Gasteiger partial charge in [0, 0.05) is 24.9 Å². The minimum atomic E-state index is 0.340. The lowest BCUT2D eigenvalue weighted by Crippen LogP contribution is -2.17. The van der Waals surface area contributed by atoms with Gasteiger partial charge in [0.1, 0.15) is 5.82 Å². The predicted octanol–water partition coefficient (Wildman–Crippen LogP) is 0.800. The van der Waals surface area contributed by atoms with Crippen LogP contribution in [0.5, 0.6) is 0 Å². The summed E-state index contributed by atoms with van der Waals surface area (Å²) in [6.45, 7) is 0.771. The van der Waals surface area contributed by atoms with Gasteiger partial charge < -0.3 is 10.3 Å². The fraction of sp³-hybridized carbons (Fsp3) is 0.667. The normalized spacial score (nSPS) is 19.5. The Kier molecular flexibility index (Phi) is 1.68. The molecule has 1 aromatic heterocycles. The van der Waals surface area contributed by atoms with E-state index in [2.05, 4.69) is 16.6 Å². The summed E-state index contributed by atoms with van der Waals surface area (Å²) in [5.74, 6) is 1.22. The number of rotatable bonds is 3. The van der Waals surface area contributed by atoms with Gasteiger partial charge in [-0.15, -0.1) is 0 Å². The summed E-state index contributed by atoms with van der Waals surface area (Å²) in [4.78, 5) is 4.38. The van der Waals surface area contributed by atoms with E-state index in [4.69, 9.17) is 5.73 Å². The average Bonchev–Trinajstić information content (AvgIpc) is 2.68. The van der Waals surface area contributed by atoms with Crippen LogP contribution in [0.1, 0.15) is 25.1 Å². The fourth-order valence-corrected chi connectivity index (χ4v) is 1.89. The Hall–Kier alpha value is -0.830. The van der Waals surface area contributed by atoms with Crippen LogP contribution in [0.2, 0.25) is 0 Å². The number of hydrogen-bond acceptors (Lipinski definition) is 2. The number of nitrogens with zero attached hydrogens (tertiary/aromatic N) is 2. The molecule has 0 atom stereocenters.